The first-order chi connectivity index (χ1) is 12.8. The molecule has 26 heavy (non-hydrogen) atoms. The van der Waals surface area contributed by atoms with Crippen molar-refractivity contribution in [1.82, 2.24) is 15.4 Å². The lowest BCUT2D eigenvalue weighted by Crippen LogP contribution is -2.48. The van der Waals surface area contributed by atoms with Crippen LogP contribution in [0.3, 0.4) is 0 Å². The molecule has 3 rings (SSSR count). The molecule has 140 valence electrons. The zero-order chi connectivity index (χ0) is 18.2. The summed E-state index contributed by atoms with van der Waals surface area (Å²) in [6.45, 7) is 8.72. The molecular weight excluding hydrogens is 332 g/mol. The third kappa shape index (κ3) is 5.06. The van der Waals surface area contributed by atoms with Crippen molar-refractivity contribution in [2.75, 3.05) is 50.8 Å². The van der Waals surface area contributed by atoms with E-state index in [1.807, 2.05) is 0 Å². The molecule has 0 unspecified atom stereocenters. The van der Waals surface area contributed by atoms with Gasteiger partial charge in [-0.25, -0.2) is 4.79 Å². The van der Waals surface area contributed by atoms with E-state index in [-0.39, 0.29) is 5.69 Å². The number of ether oxygens (including phenoxy) is 1. The van der Waals surface area contributed by atoms with Gasteiger partial charge < -0.3 is 19.5 Å². The van der Waals surface area contributed by atoms with Crippen molar-refractivity contribution in [3.05, 3.63) is 47.9 Å². The summed E-state index contributed by atoms with van der Waals surface area (Å²) in [6.07, 6.45) is 0. The van der Waals surface area contributed by atoms with Gasteiger partial charge in [0, 0.05) is 51.0 Å². The zero-order valence-corrected chi connectivity index (χ0v) is 15.2. The number of carbonyl (C=O) groups is 1. The standard InChI is InChI=1S/C19H26N4O3/c1-2-25-19(24)18-14-17(26-21-18)15-20-8-9-22-10-12-23(13-11-22)16-6-4-3-5-7-16/h3-7,14,20H,2,8-13,15H2,1H3. The molecule has 1 fully saturated rings. The monoisotopic (exact) mass is 358 g/mol. The number of benzene rings is 1. The van der Waals surface area contributed by atoms with Crippen LogP contribution in [0.1, 0.15) is 23.2 Å². The Hall–Kier alpha value is -2.38. The Balaban J connectivity index is 1.33. The highest BCUT2D eigenvalue weighted by atomic mass is 16.5. The lowest BCUT2D eigenvalue weighted by molar-refractivity contribution is 0.0514. The van der Waals surface area contributed by atoms with Gasteiger partial charge in [-0.05, 0) is 19.1 Å². The smallest absolute Gasteiger partial charge is 0.360 e. The maximum Gasteiger partial charge on any atom is 0.360 e. The van der Waals surface area contributed by atoms with E-state index >= 15 is 0 Å². The summed E-state index contributed by atoms with van der Waals surface area (Å²) in [7, 11) is 0. The van der Waals surface area contributed by atoms with E-state index in [1.54, 1.807) is 13.0 Å². The number of esters is 1. The Morgan fingerprint density at radius 3 is 2.73 bits per heavy atom. The van der Waals surface area contributed by atoms with Crippen LogP contribution in [0.5, 0.6) is 0 Å². The van der Waals surface area contributed by atoms with Crippen molar-refractivity contribution >= 4 is 11.7 Å². The molecule has 0 aliphatic carbocycles. The molecule has 1 aromatic heterocycles. The summed E-state index contributed by atoms with van der Waals surface area (Å²) in [5, 5.41) is 7.07. The largest absolute Gasteiger partial charge is 0.461 e. The predicted octanol–water partition coefficient (Wildman–Crippen LogP) is 1.76. The number of nitrogens with one attached hydrogen (secondary N) is 1. The molecule has 2 aromatic rings. The lowest BCUT2D eigenvalue weighted by Gasteiger charge is -2.36. The first-order valence-electron chi connectivity index (χ1n) is 9.12. The summed E-state index contributed by atoms with van der Waals surface area (Å²) in [5.41, 5.74) is 1.52. The minimum Gasteiger partial charge on any atom is -0.461 e. The van der Waals surface area contributed by atoms with Crippen molar-refractivity contribution < 1.29 is 14.1 Å². The number of anilines is 1. The number of piperazine rings is 1. The molecular formula is C19H26N4O3. The molecule has 1 saturated heterocycles. The normalized spacial score (nSPS) is 15.2. The second kappa shape index (κ2) is 9.35. The third-order valence-electron chi connectivity index (χ3n) is 4.44. The van der Waals surface area contributed by atoms with Crippen LogP contribution in [-0.2, 0) is 11.3 Å². The number of nitrogens with zero attached hydrogens (tertiary/aromatic N) is 3. The highest BCUT2D eigenvalue weighted by Gasteiger charge is 2.17. The highest BCUT2D eigenvalue weighted by Crippen LogP contribution is 2.15. The molecule has 1 aromatic carbocycles. The number of carbonyl (C=O) groups excluding carboxylic acids is 1. The summed E-state index contributed by atoms with van der Waals surface area (Å²) in [4.78, 5) is 16.4. The van der Waals surface area contributed by atoms with Gasteiger partial charge in [0.05, 0.1) is 13.2 Å². The number of hydrogen-bond donors (Lipinski definition) is 1. The van der Waals surface area contributed by atoms with E-state index in [4.69, 9.17) is 9.26 Å². The van der Waals surface area contributed by atoms with Crippen molar-refractivity contribution in [3.8, 4) is 0 Å². The van der Waals surface area contributed by atoms with Gasteiger partial charge in [0.1, 0.15) is 0 Å². The molecule has 0 radical (unpaired) electrons. The van der Waals surface area contributed by atoms with Crippen molar-refractivity contribution in [3.63, 3.8) is 0 Å². The van der Waals surface area contributed by atoms with Crippen LogP contribution >= 0.6 is 0 Å². The average Bonchev–Trinajstić information content (AvgIpc) is 3.16. The Bertz CT molecular complexity index is 681. The minimum absolute atomic E-state index is 0.223. The van der Waals surface area contributed by atoms with E-state index < -0.39 is 5.97 Å². The molecule has 0 atom stereocenters. The van der Waals surface area contributed by atoms with Crippen LogP contribution < -0.4 is 10.2 Å². The SMILES string of the molecule is CCOC(=O)c1cc(CNCCN2CCN(c3ccccc3)CC2)on1. The fraction of sp³-hybridized carbons (Fsp3) is 0.474. The highest BCUT2D eigenvalue weighted by molar-refractivity contribution is 5.87. The van der Waals surface area contributed by atoms with Gasteiger partial charge in [0.2, 0.25) is 0 Å². The van der Waals surface area contributed by atoms with Gasteiger partial charge in [-0.15, -0.1) is 0 Å². The maximum atomic E-state index is 11.5. The maximum absolute atomic E-state index is 11.5. The Kier molecular flexibility index (Phi) is 6.62. The Labute approximate surface area is 153 Å². The molecule has 1 aliphatic heterocycles. The quantitative estimate of drug-likeness (QED) is 0.569. The fourth-order valence-corrected chi connectivity index (χ4v) is 3.01. The van der Waals surface area contributed by atoms with E-state index in [2.05, 4.69) is 50.6 Å². The van der Waals surface area contributed by atoms with Crippen molar-refractivity contribution in [2.24, 2.45) is 0 Å². The molecule has 2 heterocycles. The molecule has 7 heteroatoms. The summed E-state index contributed by atoms with van der Waals surface area (Å²) < 4.78 is 10.0. The Morgan fingerprint density at radius 2 is 2.00 bits per heavy atom. The summed E-state index contributed by atoms with van der Waals surface area (Å²) in [6, 6.07) is 12.2. The molecule has 0 bridgehead atoms. The third-order valence-corrected chi connectivity index (χ3v) is 4.44. The van der Waals surface area contributed by atoms with E-state index in [0.29, 0.717) is 18.9 Å². The first-order valence-corrected chi connectivity index (χ1v) is 9.12. The topological polar surface area (TPSA) is 70.8 Å². The second-order valence-electron chi connectivity index (χ2n) is 6.24. The molecule has 0 spiro atoms. The van der Waals surface area contributed by atoms with Crippen LogP contribution in [0.15, 0.2) is 40.9 Å². The van der Waals surface area contributed by atoms with E-state index in [9.17, 15) is 4.79 Å². The minimum atomic E-state index is -0.446. The predicted molar refractivity (Wildman–Crippen MR) is 99.3 cm³/mol. The Morgan fingerprint density at radius 1 is 1.23 bits per heavy atom. The molecule has 0 amide bonds. The molecule has 1 aliphatic rings. The number of rotatable bonds is 8. The fourth-order valence-electron chi connectivity index (χ4n) is 3.01. The van der Waals surface area contributed by atoms with Gasteiger partial charge in [-0.2, -0.15) is 0 Å². The van der Waals surface area contributed by atoms with Crippen LogP contribution in [0.2, 0.25) is 0 Å². The van der Waals surface area contributed by atoms with Gasteiger partial charge in [-0.1, -0.05) is 23.4 Å². The van der Waals surface area contributed by atoms with Crippen molar-refractivity contribution in [1.29, 1.82) is 0 Å². The van der Waals surface area contributed by atoms with Gasteiger partial charge >= 0.3 is 5.97 Å². The summed E-state index contributed by atoms with van der Waals surface area (Å²) >= 11 is 0. The van der Waals surface area contributed by atoms with E-state index in [1.165, 1.54) is 5.69 Å². The van der Waals surface area contributed by atoms with Gasteiger partial charge in [0.15, 0.2) is 11.5 Å². The van der Waals surface area contributed by atoms with Gasteiger partial charge in [-0.3, -0.25) is 4.90 Å². The van der Waals surface area contributed by atoms with E-state index in [0.717, 1.165) is 39.3 Å². The first kappa shape index (κ1) is 18.4. The van der Waals surface area contributed by atoms with Gasteiger partial charge in [0.25, 0.3) is 0 Å². The van der Waals surface area contributed by atoms with Crippen LogP contribution in [-0.4, -0.2) is 61.9 Å². The summed E-state index contributed by atoms with van der Waals surface area (Å²) in [5.74, 6) is 0.195. The second-order valence-corrected chi connectivity index (χ2v) is 6.24. The van der Waals surface area contributed by atoms with Crippen LogP contribution in [0.4, 0.5) is 5.69 Å². The molecule has 0 saturated carbocycles. The molecule has 7 nitrogen and oxygen atoms in total. The van der Waals surface area contributed by atoms with Crippen LogP contribution in [0.25, 0.3) is 0 Å². The lowest BCUT2D eigenvalue weighted by atomic mass is 10.2. The number of para-hydroxylation sites is 1. The van der Waals surface area contributed by atoms with Crippen LogP contribution in [0, 0.1) is 0 Å². The molecule has 1 N–H and O–H groups in total. The zero-order valence-electron chi connectivity index (χ0n) is 15.2. The number of aromatic nitrogens is 1. The number of hydrogen-bond acceptors (Lipinski definition) is 7. The average molecular weight is 358 g/mol. The van der Waals surface area contributed by atoms with Crippen molar-refractivity contribution in [2.45, 2.75) is 13.5 Å².